The molecule has 0 aromatic heterocycles. The summed E-state index contributed by atoms with van der Waals surface area (Å²) < 4.78 is 0. The lowest BCUT2D eigenvalue weighted by Crippen LogP contribution is -2.31. The summed E-state index contributed by atoms with van der Waals surface area (Å²) in [5, 5.41) is 6.57. The number of rotatable bonds is 8. The van der Waals surface area contributed by atoms with Crippen molar-refractivity contribution in [3.63, 3.8) is 0 Å². The number of hydrogen-bond acceptors (Lipinski definition) is 3. The molecule has 130 valence electrons. The van der Waals surface area contributed by atoms with Crippen LogP contribution in [0, 0.1) is 27.7 Å². The van der Waals surface area contributed by atoms with Gasteiger partial charge in [-0.3, -0.25) is 4.79 Å². The standard InChI is InChI=1S/C19H33N3O/c1-12(2)22-19(23)17-13(3)15(5)18(16(6)14(17)4)21-11-9-7-8-10-20/h12,21H,7-11,20H2,1-6H3,(H,22,23). The summed E-state index contributed by atoms with van der Waals surface area (Å²) in [5.41, 5.74) is 12.0. The normalized spacial score (nSPS) is 11.0. The molecule has 0 saturated carbocycles. The Bertz CT molecular complexity index is 521. The van der Waals surface area contributed by atoms with Crippen LogP contribution < -0.4 is 16.4 Å². The highest BCUT2D eigenvalue weighted by molar-refractivity contribution is 5.99. The van der Waals surface area contributed by atoms with Crippen LogP contribution in [0.3, 0.4) is 0 Å². The van der Waals surface area contributed by atoms with E-state index in [4.69, 9.17) is 5.73 Å². The molecule has 1 aromatic rings. The maximum Gasteiger partial charge on any atom is 0.252 e. The Kier molecular flexibility index (Phi) is 7.56. The highest BCUT2D eigenvalue weighted by Gasteiger charge is 2.19. The fourth-order valence-corrected chi connectivity index (χ4v) is 2.91. The molecule has 1 aromatic carbocycles. The van der Waals surface area contributed by atoms with Crippen molar-refractivity contribution in [3.05, 3.63) is 27.8 Å². The molecule has 0 saturated heterocycles. The van der Waals surface area contributed by atoms with E-state index in [0.717, 1.165) is 49.0 Å². The molecule has 4 nitrogen and oxygen atoms in total. The van der Waals surface area contributed by atoms with Crippen molar-refractivity contribution in [2.75, 3.05) is 18.4 Å². The number of nitrogens with one attached hydrogen (secondary N) is 2. The Labute approximate surface area is 141 Å². The van der Waals surface area contributed by atoms with Crippen LogP contribution in [0.5, 0.6) is 0 Å². The second-order valence-corrected chi connectivity index (χ2v) is 6.65. The molecule has 0 aliphatic rings. The van der Waals surface area contributed by atoms with Gasteiger partial charge in [0.1, 0.15) is 0 Å². The van der Waals surface area contributed by atoms with E-state index >= 15 is 0 Å². The Hall–Kier alpha value is -1.55. The predicted molar refractivity (Wildman–Crippen MR) is 99.4 cm³/mol. The minimum absolute atomic E-state index is 0.0238. The van der Waals surface area contributed by atoms with E-state index in [9.17, 15) is 4.79 Å². The topological polar surface area (TPSA) is 67.2 Å². The van der Waals surface area contributed by atoms with Crippen LogP contribution >= 0.6 is 0 Å². The SMILES string of the molecule is Cc1c(C)c(C(=O)NC(C)C)c(C)c(C)c1NCCCCCN. The fourth-order valence-electron chi connectivity index (χ4n) is 2.91. The van der Waals surface area contributed by atoms with Gasteiger partial charge in [-0.25, -0.2) is 0 Å². The molecular weight excluding hydrogens is 286 g/mol. The van der Waals surface area contributed by atoms with Gasteiger partial charge in [-0.05, 0) is 83.2 Å². The molecule has 0 bridgehead atoms. The molecule has 1 amide bonds. The van der Waals surface area contributed by atoms with Gasteiger partial charge in [0.25, 0.3) is 5.91 Å². The van der Waals surface area contributed by atoms with Crippen molar-refractivity contribution in [1.29, 1.82) is 0 Å². The van der Waals surface area contributed by atoms with Crippen LogP contribution in [0.15, 0.2) is 0 Å². The molecule has 23 heavy (non-hydrogen) atoms. The summed E-state index contributed by atoms with van der Waals surface area (Å²) in [6.07, 6.45) is 3.34. The van der Waals surface area contributed by atoms with Gasteiger partial charge in [0.15, 0.2) is 0 Å². The number of hydrogen-bond donors (Lipinski definition) is 3. The molecular formula is C19H33N3O. The molecule has 0 unspecified atom stereocenters. The number of carbonyl (C=O) groups is 1. The minimum atomic E-state index is 0.0238. The summed E-state index contributed by atoms with van der Waals surface area (Å²) in [5.74, 6) is 0.0238. The third-order valence-corrected chi connectivity index (χ3v) is 4.45. The highest BCUT2D eigenvalue weighted by atomic mass is 16.1. The van der Waals surface area contributed by atoms with Crippen molar-refractivity contribution < 1.29 is 4.79 Å². The molecule has 0 fully saturated rings. The lowest BCUT2D eigenvalue weighted by atomic mass is 9.91. The van der Waals surface area contributed by atoms with Gasteiger partial charge in [-0.2, -0.15) is 0 Å². The molecule has 0 radical (unpaired) electrons. The van der Waals surface area contributed by atoms with Crippen LogP contribution in [0.4, 0.5) is 5.69 Å². The predicted octanol–water partition coefficient (Wildman–Crippen LogP) is 3.60. The molecule has 4 N–H and O–H groups in total. The number of benzene rings is 1. The van der Waals surface area contributed by atoms with Gasteiger partial charge in [0.05, 0.1) is 0 Å². The van der Waals surface area contributed by atoms with Gasteiger partial charge in [-0.15, -0.1) is 0 Å². The van der Waals surface area contributed by atoms with E-state index < -0.39 is 0 Å². The van der Waals surface area contributed by atoms with E-state index in [1.807, 2.05) is 27.7 Å². The first kappa shape index (κ1) is 19.5. The lowest BCUT2D eigenvalue weighted by Gasteiger charge is -2.22. The van der Waals surface area contributed by atoms with Crippen molar-refractivity contribution in [2.45, 2.75) is 66.8 Å². The third kappa shape index (κ3) is 4.96. The monoisotopic (exact) mass is 319 g/mol. The van der Waals surface area contributed by atoms with Gasteiger partial charge in [0.2, 0.25) is 0 Å². The van der Waals surface area contributed by atoms with Crippen molar-refractivity contribution >= 4 is 11.6 Å². The maximum atomic E-state index is 12.5. The number of nitrogens with two attached hydrogens (primary N) is 1. The Balaban J connectivity index is 3.01. The molecule has 1 rings (SSSR count). The summed E-state index contributed by atoms with van der Waals surface area (Å²) >= 11 is 0. The van der Waals surface area contributed by atoms with Gasteiger partial charge >= 0.3 is 0 Å². The van der Waals surface area contributed by atoms with Crippen LogP contribution in [-0.4, -0.2) is 25.0 Å². The number of amides is 1. The zero-order chi connectivity index (χ0) is 17.6. The number of carbonyl (C=O) groups excluding carboxylic acids is 1. The zero-order valence-electron chi connectivity index (χ0n) is 15.6. The van der Waals surface area contributed by atoms with Crippen LogP contribution in [0.25, 0.3) is 0 Å². The van der Waals surface area contributed by atoms with Crippen molar-refractivity contribution in [3.8, 4) is 0 Å². The average Bonchev–Trinajstić information content (AvgIpc) is 2.47. The Morgan fingerprint density at radius 1 is 0.957 bits per heavy atom. The first-order chi connectivity index (χ1) is 10.8. The first-order valence-corrected chi connectivity index (χ1v) is 8.66. The average molecular weight is 319 g/mol. The van der Waals surface area contributed by atoms with Crippen LogP contribution in [-0.2, 0) is 0 Å². The largest absolute Gasteiger partial charge is 0.385 e. The quantitative estimate of drug-likeness (QED) is 0.641. The number of anilines is 1. The summed E-state index contributed by atoms with van der Waals surface area (Å²) in [7, 11) is 0. The Morgan fingerprint density at radius 3 is 2.00 bits per heavy atom. The first-order valence-electron chi connectivity index (χ1n) is 8.66. The summed E-state index contributed by atoms with van der Waals surface area (Å²) in [4.78, 5) is 12.5. The highest BCUT2D eigenvalue weighted by Crippen LogP contribution is 2.30. The number of unbranched alkanes of at least 4 members (excludes halogenated alkanes) is 2. The Morgan fingerprint density at radius 2 is 1.52 bits per heavy atom. The summed E-state index contributed by atoms with van der Waals surface area (Å²) in [6.45, 7) is 13.9. The molecule has 0 aliphatic heterocycles. The molecule has 0 heterocycles. The minimum Gasteiger partial charge on any atom is -0.385 e. The van der Waals surface area contributed by atoms with Crippen molar-refractivity contribution in [2.24, 2.45) is 5.73 Å². The van der Waals surface area contributed by atoms with Crippen molar-refractivity contribution in [1.82, 2.24) is 5.32 Å². The second kappa shape index (κ2) is 8.92. The molecule has 0 atom stereocenters. The second-order valence-electron chi connectivity index (χ2n) is 6.65. The zero-order valence-corrected chi connectivity index (χ0v) is 15.6. The van der Waals surface area contributed by atoms with Gasteiger partial charge < -0.3 is 16.4 Å². The summed E-state index contributed by atoms with van der Waals surface area (Å²) in [6, 6.07) is 0.141. The van der Waals surface area contributed by atoms with E-state index in [1.165, 1.54) is 16.8 Å². The van der Waals surface area contributed by atoms with Gasteiger partial charge in [0, 0.05) is 23.8 Å². The third-order valence-electron chi connectivity index (χ3n) is 4.45. The molecule has 0 spiro atoms. The van der Waals surface area contributed by atoms with E-state index in [2.05, 4.69) is 24.5 Å². The smallest absolute Gasteiger partial charge is 0.252 e. The van der Waals surface area contributed by atoms with E-state index in [-0.39, 0.29) is 11.9 Å². The lowest BCUT2D eigenvalue weighted by molar-refractivity contribution is 0.0941. The fraction of sp³-hybridized carbons (Fsp3) is 0.632. The molecule has 0 aliphatic carbocycles. The molecule has 4 heteroatoms. The van der Waals surface area contributed by atoms with Crippen LogP contribution in [0.2, 0.25) is 0 Å². The van der Waals surface area contributed by atoms with E-state index in [0.29, 0.717) is 0 Å². The van der Waals surface area contributed by atoms with Gasteiger partial charge in [-0.1, -0.05) is 6.42 Å². The van der Waals surface area contributed by atoms with E-state index in [1.54, 1.807) is 0 Å². The maximum absolute atomic E-state index is 12.5. The van der Waals surface area contributed by atoms with Crippen LogP contribution in [0.1, 0.15) is 65.7 Å².